The molecule has 4 N–H and O–H groups in total. The summed E-state index contributed by atoms with van der Waals surface area (Å²) >= 11 is 0. The maximum absolute atomic E-state index is 13.0. The Morgan fingerprint density at radius 3 is 2.37 bits per heavy atom. The van der Waals surface area contributed by atoms with Crippen LogP contribution in [0.2, 0.25) is 0 Å². The van der Waals surface area contributed by atoms with E-state index in [2.05, 4.69) is 10.6 Å². The second-order valence-corrected chi connectivity index (χ2v) is 9.06. The highest BCUT2D eigenvalue weighted by molar-refractivity contribution is 6.23. The van der Waals surface area contributed by atoms with Crippen LogP contribution in [-0.4, -0.2) is 46.7 Å². The van der Waals surface area contributed by atoms with E-state index in [1.807, 2.05) is 6.07 Å². The number of anilines is 1. The number of imide groups is 2. The molecule has 2 aliphatic heterocycles. The number of carbonyl (C=O) groups excluding carboxylic acids is 4. The first kappa shape index (κ1) is 19.2. The lowest BCUT2D eigenvalue weighted by atomic mass is 9.67. The largest absolute Gasteiger partial charge is 0.382 e. The number of amides is 4. The number of nitrogens with one attached hydrogen (secondary N) is 2. The summed E-state index contributed by atoms with van der Waals surface area (Å²) in [4.78, 5) is 50.5. The lowest BCUT2D eigenvalue weighted by Crippen LogP contribution is -2.54. The molecule has 0 aromatic heterocycles. The van der Waals surface area contributed by atoms with E-state index in [-0.39, 0.29) is 24.8 Å². The Kier molecular flexibility index (Phi) is 4.61. The number of piperidine rings is 1. The number of nitrogens with two attached hydrogens (primary N) is 1. The fourth-order valence-electron chi connectivity index (χ4n) is 5.78. The standard InChI is InChI=1S/C22H26N4O4/c23-13-8-11-2-1-3-12(9-13)19(11)24-14-4-5-15-16(10-14)22(30)26(21(15)29)17-6-7-18(27)25-20(17)28/h4-5,10-13,17,19,24H,1-3,6-9,23H2,(H,25,27,28). The summed E-state index contributed by atoms with van der Waals surface area (Å²) in [5.74, 6) is -0.866. The number of hydrogen-bond acceptors (Lipinski definition) is 6. The van der Waals surface area contributed by atoms with E-state index >= 15 is 0 Å². The minimum Gasteiger partial charge on any atom is -0.382 e. The Balaban J connectivity index is 1.37. The van der Waals surface area contributed by atoms with Gasteiger partial charge in [0.2, 0.25) is 11.8 Å². The van der Waals surface area contributed by atoms with Crippen LogP contribution < -0.4 is 16.4 Å². The third kappa shape index (κ3) is 3.10. The van der Waals surface area contributed by atoms with Crippen LogP contribution in [0.1, 0.15) is 65.7 Å². The van der Waals surface area contributed by atoms with Gasteiger partial charge in [-0.25, -0.2) is 0 Å². The summed E-state index contributed by atoms with van der Waals surface area (Å²) in [5.41, 5.74) is 7.66. The highest BCUT2D eigenvalue weighted by Crippen LogP contribution is 2.41. The van der Waals surface area contributed by atoms with Crippen molar-refractivity contribution < 1.29 is 19.2 Å². The van der Waals surface area contributed by atoms with Gasteiger partial charge in [-0.05, 0) is 62.1 Å². The van der Waals surface area contributed by atoms with Crippen molar-refractivity contribution in [2.24, 2.45) is 17.6 Å². The first-order valence-electron chi connectivity index (χ1n) is 10.8. The Labute approximate surface area is 174 Å². The van der Waals surface area contributed by atoms with Gasteiger partial charge in [0.15, 0.2) is 0 Å². The predicted octanol–water partition coefficient (Wildman–Crippen LogP) is 1.41. The molecule has 8 heteroatoms. The normalized spacial score (nSPS) is 33.4. The minimum atomic E-state index is -0.939. The van der Waals surface area contributed by atoms with E-state index in [0.717, 1.165) is 36.3 Å². The van der Waals surface area contributed by atoms with Crippen molar-refractivity contribution in [2.45, 2.75) is 63.1 Å². The monoisotopic (exact) mass is 410 g/mol. The molecule has 5 rings (SSSR count). The van der Waals surface area contributed by atoms with Gasteiger partial charge in [0, 0.05) is 24.2 Å². The number of fused-ring (bicyclic) bond motifs is 3. The molecule has 0 radical (unpaired) electrons. The van der Waals surface area contributed by atoms with Crippen LogP contribution in [0.5, 0.6) is 0 Å². The van der Waals surface area contributed by atoms with Crippen LogP contribution in [0.4, 0.5) is 5.69 Å². The first-order chi connectivity index (χ1) is 14.4. The molecule has 1 aromatic carbocycles. The Bertz CT molecular complexity index is 931. The molecule has 1 aromatic rings. The topological polar surface area (TPSA) is 122 Å². The summed E-state index contributed by atoms with van der Waals surface area (Å²) in [7, 11) is 0. The van der Waals surface area contributed by atoms with Crippen LogP contribution in [-0.2, 0) is 9.59 Å². The summed E-state index contributed by atoms with van der Waals surface area (Å²) in [6.07, 6.45) is 5.86. The first-order valence-corrected chi connectivity index (χ1v) is 10.8. The summed E-state index contributed by atoms with van der Waals surface area (Å²) in [6.45, 7) is 0. The molecule has 4 aliphatic rings. The maximum atomic E-state index is 13.0. The van der Waals surface area contributed by atoms with Gasteiger partial charge in [-0.2, -0.15) is 0 Å². The third-order valence-corrected chi connectivity index (χ3v) is 7.15. The van der Waals surface area contributed by atoms with Crippen molar-refractivity contribution in [3.05, 3.63) is 29.3 Å². The van der Waals surface area contributed by atoms with Gasteiger partial charge < -0.3 is 11.1 Å². The van der Waals surface area contributed by atoms with Crippen LogP contribution in [0.25, 0.3) is 0 Å². The van der Waals surface area contributed by atoms with E-state index < -0.39 is 23.8 Å². The van der Waals surface area contributed by atoms with Gasteiger partial charge in [0.05, 0.1) is 11.1 Å². The number of rotatable bonds is 3. The van der Waals surface area contributed by atoms with E-state index in [1.54, 1.807) is 12.1 Å². The minimum absolute atomic E-state index is 0.114. The van der Waals surface area contributed by atoms with Gasteiger partial charge in [0.1, 0.15) is 6.04 Å². The molecule has 158 valence electrons. The molecule has 2 bridgehead atoms. The fraction of sp³-hybridized carbons (Fsp3) is 0.545. The number of hydrogen-bond donors (Lipinski definition) is 3. The molecule has 30 heavy (non-hydrogen) atoms. The Hall–Kier alpha value is -2.74. The Morgan fingerprint density at radius 1 is 0.967 bits per heavy atom. The Morgan fingerprint density at radius 2 is 1.67 bits per heavy atom. The smallest absolute Gasteiger partial charge is 0.262 e. The molecular formula is C22H26N4O4. The van der Waals surface area contributed by atoms with Crippen molar-refractivity contribution >= 4 is 29.3 Å². The van der Waals surface area contributed by atoms with Crippen LogP contribution >= 0.6 is 0 Å². The van der Waals surface area contributed by atoms with Crippen molar-refractivity contribution in [3.63, 3.8) is 0 Å². The third-order valence-electron chi connectivity index (χ3n) is 7.15. The lowest BCUT2D eigenvalue weighted by molar-refractivity contribution is -0.136. The number of carbonyl (C=O) groups is 4. The molecule has 8 nitrogen and oxygen atoms in total. The summed E-state index contributed by atoms with van der Waals surface area (Å²) < 4.78 is 0. The van der Waals surface area contributed by atoms with Gasteiger partial charge in [-0.3, -0.25) is 29.4 Å². The molecule has 4 amide bonds. The van der Waals surface area contributed by atoms with Gasteiger partial charge in [-0.15, -0.1) is 0 Å². The van der Waals surface area contributed by atoms with E-state index in [4.69, 9.17) is 5.73 Å². The van der Waals surface area contributed by atoms with Gasteiger partial charge in [-0.1, -0.05) is 6.42 Å². The zero-order valence-corrected chi connectivity index (χ0v) is 16.7. The second kappa shape index (κ2) is 7.19. The fourth-order valence-corrected chi connectivity index (χ4v) is 5.78. The summed E-state index contributed by atoms with van der Waals surface area (Å²) in [6, 6.07) is 4.88. The zero-order chi connectivity index (χ0) is 21.0. The molecule has 0 spiro atoms. The van der Waals surface area contributed by atoms with E-state index in [1.165, 1.54) is 6.42 Å². The average Bonchev–Trinajstić information content (AvgIpc) is 2.93. The molecule has 1 saturated heterocycles. The maximum Gasteiger partial charge on any atom is 0.262 e. The predicted molar refractivity (Wildman–Crippen MR) is 109 cm³/mol. The lowest BCUT2D eigenvalue weighted by Gasteiger charge is -2.45. The molecule has 3 unspecified atom stereocenters. The zero-order valence-electron chi connectivity index (χ0n) is 16.7. The SMILES string of the molecule is NC1CC2CCCC(C1)C2Nc1ccc2c(c1)C(=O)N(C1CCC(=O)NC1=O)C2=O. The van der Waals surface area contributed by atoms with Crippen molar-refractivity contribution in [1.29, 1.82) is 0 Å². The molecule has 3 fully saturated rings. The number of benzene rings is 1. The second-order valence-electron chi connectivity index (χ2n) is 9.06. The van der Waals surface area contributed by atoms with Crippen molar-refractivity contribution in [2.75, 3.05) is 5.32 Å². The molecular weight excluding hydrogens is 384 g/mol. The van der Waals surface area contributed by atoms with Gasteiger partial charge >= 0.3 is 0 Å². The van der Waals surface area contributed by atoms with E-state index in [9.17, 15) is 19.2 Å². The molecule has 2 saturated carbocycles. The van der Waals surface area contributed by atoms with Gasteiger partial charge in [0.25, 0.3) is 11.8 Å². The van der Waals surface area contributed by atoms with E-state index in [0.29, 0.717) is 29.0 Å². The van der Waals surface area contributed by atoms with Crippen LogP contribution in [0.3, 0.4) is 0 Å². The number of nitrogens with zero attached hydrogens (tertiary/aromatic N) is 1. The highest BCUT2D eigenvalue weighted by Gasteiger charge is 2.45. The molecule has 3 atom stereocenters. The quantitative estimate of drug-likeness (QED) is 0.648. The molecule has 2 aliphatic carbocycles. The highest BCUT2D eigenvalue weighted by atomic mass is 16.2. The van der Waals surface area contributed by atoms with Crippen LogP contribution in [0, 0.1) is 11.8 Å². The molecule has 2 heterocycles. The van der Waals surface area contributed by atoms with Crippen molar-refractivity contribution in [3.8, 4) is 0 Å². The summed E-state index contributed by atoms with van der Waals surface area (Å²) in [5, 5.41) is 5.84. The average molecular weight is 410 g/mol. The van der Waals surface area contributed by atoms with Crippen LogP contribution in [0.15, 0.2) is 18.2 Å². The van der Waals surface area contributed by atoms with Crippen molar-refractivity contribution in [1.82, 2.24) is 10.2 Å².